The van der Waals surface area contributed by atoms with E-state index in [1.165, 1.54) is 12.1 Å². The Morgan fingerprint density at radius 3 is 2.64 bits per heavy atom. The van der Waals surface area contributed by atoms with Gasteiger partial charge in [-0.05, 0) is 23.6 Å². The van der Waals surface area contributed by atoms with Crippen LogP contribution in [0.1, 0.15) is 10.4 Å². The van der Waals surface area contributed by atoms with Crippen LogP contribution in [0.2, 0.25) is 10.0 Å². The number of nitrogens with one attached hydrogen (secondary N) is 1. The first-order valence-corrected chi connectivity index (χ1v) is 8.38. The van der Waals surface area contributed by atoms with E-state index in [-0.39, 0.29) is 15.6 Å². The molecule has 0 radical (unpaired) electrons. The molecule has 3 aromatic carbocycles. The van der Waals surface area contributed by atoms with E-state index < -0.39 is 5.97 Å². The summed E-state index contributed by atoms with van der Waals surface area (Å²) in [6.07, 6.45) is 0. The third-order valence-corrected chi connectivity index (χ3v) is 4.21. The summed E-state index contributed by atoms with van der Waals surface area (Å²) < 4.78 is 5.83. The van der Waals surface area contributed by atoms with Crippen molar-refractivity contribution in [3.05, 3.63) is 70.2 Å². The molecule has 0 bridgehead atoms. The number of halogens is 2. The van der Waals surface area contributed by atoms with E-state index in [1.807, 2.05) is 42.5 Å². The Balaban J connectivity index is 1.69. The van der Waals surface area contributed by atoms with Crippen molar-refractivity contribution in [1.29, 1.82) is 0 Å². The summed E-state index contributed by atoms with van der Waals surface area (Å²) in [4.78, 5) is 11.3. The third-order valence-electron chi connectivity index (χ3n) is 3.70. The molecule has 0 spiro atoms. The minimum atomic E-state index is -1.10. The molecule has 0 aliphatic rings. The zero-order valence-corrected chi connectivity index (χ0v) is 14.6. The summed E-state index contributed by atoms with van der Waals surface area (Å²) in [5.74, 6) is -0.317. The highest BCUT2D eigenvalue weighted by Gasteiger charge is 2.14. The Morgan fingerprint density at radius 1 is 1.08 bits per heavy atom. The summed E-state index contributed by atoms with van der Waals surface area (Å²) in [5.41, 5.74) is 0.364. The standard InChI is InChI=1S/C19H15Cl2NO3/c20-13-10-15(19(23)24)18(16(21)11-13)22-8-9-25-17-7-3-5-12-4-1-2-6-14(12)17/h1-7,10-11,22H,8-9H2,(H,23,24). The second-order valence-corrected chi connectivity index (χ2v) is 6.21. The predicted octanol–water partition coefficient (Wildman–Crippen LogP) is 5.34. The molecular formula is C19H15Cl2NO3. The van der Waals surface area contributed by atoms with Crippen LogP contribution in [-0.4, -0.2) is 24.2 Å². The van der Waals surface area contributed by atoms with Crippen LogP contribution in [0.3, 0.4) is 0 Å². The SMILES string of the molecule is O=C(O)c1cc(Cl)cc(Cl)c1NCCOc1cccc2ccccc12. The number of fused-ring (bicyclic) bond motifs is 1. The average Bonchev–Trinajstić information content (AvgIpc) is 2.59. The highest BCUT2D eigenvalue weighted by Crippen LogP contribution is 2.30. The normalized spacial score (nSPS) is 10.6. The van der Waals surface area contributed by atoms with Crippen molar-refractivity contribution < 1.29 is 14.6 Å². The number of carboxylic acids is 1. The van der Waals surface area contributed by atoms with Crippen molar-refractivity contribution in [2.24, 2.45) is 0 Å². The summed E-state index contributed by atoms with van der Waals surface area (Å²) in [7, 11) is 0. The number of ether oxygens (including phenoxy) is 1. The number of rotatable bonds is 6. The van der Waals surface area contributed by atoms with Crippen molar-refractivity contribution in [3.63, 3.8) is 0 Å². The molecule has 0 heterocycles. The number of anilines is 1. The maximum Gasteiger partial charge on any atom is 0.337 e. The van der Waals surface area contributed by atoms with Gasteiger partial charge in [-0.1, -0.05) is 59.6 Å². The number of carbonyl (C=O) groups is 1. The highest BCUT2D eigenvalue weighted by molar-refractivity contribution is 6.37. The van der Waals surface area contributed by atoms with Crippen molar-refractivity contribution in [1.82, 2.24) is 0 Å². The quantitative estimate of drug-likeness (QED) is 0.571. The van der Waals surface area contributed by atoms with Crippen LogP contribution in [0, 0.1) is 0 Å². The van der Waals surface area contributed by atoms with E-state index in [4.69, 9.17) is 27.9 Å². The zero-order valence-electron chi connectivity index (χ0n) is 13.1. The lowest BCUT2D eigenvalue weighted by Gasteiger charge is -2.13. The minimum Gasteiger partial charge on any atom is -0.491 e. The van der Waals surface area contributed by atoms with Gasteiger partial charge in [-0.2, -0.15) is 0 Å². The number of hydrogen-bond acceptors (Lipinski definition) is 3. The van der Waals surface area contributed by atoms with Crippen LogP contribution >= 0.6 is 23.2 Å². The van der Waals surface area contributed by atoms with Crippen molar-refractivity contribution >= 4 is 45.6 Å². The molecule has 0 unspecified atom stereocenters. The Labute approximate surface area is 154 Å². The van der Waals surface area contributed by atoms with E-state index in [1.54, 1.807) is 0 Å². The molecule has 3 rings (SSSR count). The van der Waals surface area contributed by atoms with Gasteiger partial charge in [-0.25, -0.2) is 4.79 Å². The molecule has 0 saturated carbocycles. The first-order chi connectivity index (χ1) is 12.1. The summed E-state index contributed by atoms with van der Waals surface area (Å²) in [6, 6.07) is 16.7. The first-order valence-electron chi connectivity index (χ1n) is 7.63. The Morgan fingerprint density at radius 2 is 1.84 bits per heavy atom. The van der Waals surface area contributed by atoms with Gasteiger partial charge in [0.05, 0.1) is 16.3 Å². The molecule has 0 saturated heterocycles. The second kappa shape index (κ2) is 7.64. The molecule has 0 atom stereocenters. The number of hydrogen-bond donors (Lipinski definition) is 2. The van der Waals surface area contributed by atoms with Crippen LogP contribution in [0.15, 0.2) is 54.6 Å². The molecule has 6 heteroatoms. The van der Waals surface area contributed by atoms with Gasteiger partial charge in [-0.3, -0.25) is 0 Å². The fraction of sp³-hybridized carbons (Fsp3) is 0.105. The van der Waals surface area contributed by atoms with Crippen LogP contribution in [0.25, 0.3) is 10.8 Å². The van der Waals surface area contributed by atoms with Crippen molar-refractivity contribution in [2.75, 3.05) is 18.5 Å². The first kappa shape index (κ1) is 17.4. The average molecular weight is 376 g/mol. The summed E-state index contributed by atoms with van der Waals surface area (Å²) in [5, 5.41) is 15.0. The Bertz CT molecular complexity index is 922. The topological polar surface area (TPSA) is 58.6 Å². The lowest BCUT2D eigenvalue weighted by atomic mass is 10.1. The molecule has 2 N–H and O–H groups in total. The van der Waals surface area contributed by atoms with Crippen molar-refractivity contribution in [2.45, 2.75) is 0 Å². The van der Waals surface area contributed by atoms with Crippen LogP contribution in [0.5, 0.6) is 5.75 Å². The van der Waals surface area contributed by atoms with Crippen molar-refractivity contribution in [3.8, 4) is 5.75 Å². The predicted molar refractivity (Wildman–Crippen MR) is 101 cm³/mol. The third kappa shape index (κ3) is 3.98. The molecule has 0 amide bonds. The van der Waals surface area contributed by atoms with Gasteiger partial charge in [0.25, 0.3) is 0 Å². The smallest absolute Gasteiger partial charge is 0.337 e. The van der Waals surface area contributed by atoms with Gasteiger partial charge in [0.15, 0.2) is 0 Å². The highest BCUT2D eigenvalue weighted by atomic mass is 35.5. The molecule has 128 valence electrons. The fourth-order valence-corrected chi connectivity index (χ4v) is 3.14. The lowest BCUT2D eigenvalue weighted by molar-refractivity contribution is 0.0698. The number of benzene rings is 3. The molecular weight excluding hydrogens is 361 g/mol. The lowest BCUT2D eigenvalue weighted by Crippen LogP contribution is -2.14. The van der Waals surface area contributed by atoms with E-state index in [9.17, 15) is 9.90 Å². The monoisotopic (exact) mass is 375 g/mol. The van der Waals surface area contributed by atoms with Gasteiger partial charge >= 0.3 is 5.97 Å². The molecule has 25 heavy (non-hydrogen) atoms. The van der Waals surface area contributed by atoms with Gasteiger partial charge < -0.3 is 15.2 Å². The molecule has 0 aromatic heterocycles. The minimum absolute atomic E-state index is 0.0302. The van der Waals surface area contributed by atoms with E-state index in [0.717, 1.165) is 16.5 Å². The van der Waals surface area contributed by atoms with E-state index >= 15 is 0 Å². The zero-order chi connectivity index (χ0) is 17.8. The maximum absolute atomic E-state index is 11.3. The number of aromatic carboxylic acids is 1. The summed E-state index contributed by atoms with van der Waals surface area (Å²) >= 11 is 12.0. The van der Waals surface area contributed by atoms with E-state index in [2.05, 4.69) is 5.32 Å². The summed E-state index contributed by atoms with van der Waals surface area (Å²) in [6.45, 7) is 0.747. The maximum atomic E-state index is 11.3. The number of carboxylic acid groups (broad SMARTS) is 1. The van der Waals surface area contributed by atoms with Gasteiger partial charge in [-0.15, -0.1) is 0 Å². The molecule has 4 nitrogen and oxygen atoms in total. The van der Waals surface area contributed by atoms with Gasteiger partial charge in [0.1, 0.15) is 12.4 Å². The van der Waals surface area contributed by atoms with Gasteiger partial charge in [0.2, 0.25) is 0 Å². The largest absolute Gasteiger partial charge is 0.491 e. The van der Waals surface area contributed by atoms with Crippen LogP contribution < -0.4 is 10.1 Å². The van der Waals surface area contributed by atoms with E-state index in [0.29, 0.717) is 18.8 Å². The van der Waals surface area contributed by atoms with Crippen LogP contribution in [0.4, 0.5) is 5.69 Å². The molecule has 0 fully saturated rings. The van der Waals surface area contributed by atoms with Gasteiger partial charge in [0, 0.05) is 17.0 Å². The molecule has 0 aliphatic heterocycles. The Kier molecular flexibility index (Phi) is 5.31. The molecule has 3 aromatic rings. The molecule has 0 aliphatic carbocycles. The Hall–Kier alpha value is -2.43. The fourth-order valence-electron chi connectivity index (χ4n) is 2.58. The van der Waals surface area contributed by atoms with Crippen LogP contribution in [-0.2, 0) is 0 Å². The second-order valence-electron chi connectivity index (χ2n) is 5.37.